The Balaban J connectivity index is 1.72. The molecule has 0 radical (unpaired) electrons. The Morgan fingerprint density at radius 1 is 1.10 bits per heavy atom. The van der Waals surface area contributed by atoms with E-state index in [9.17, 15) is 14.0 Å². The van der Waals surface area contributed by atoms with Gasteiger partial charge in [-0.3, -0.25) is 14.9 Å². The van der Waals surface area contributed by atoms with Crippen LogP contribution in [0.2, 0.25) is 5.02 Å². The molecular formula is C21H20ClFN4O2S. The van der Waals surface area contributed by atoms with Crippen LogP contribution in [0.15, 0.2) is 48.5 Å². The van der Waals surface area contributed by atoms with Gasteiger partial charge in [-0.25, -0.2) is 4.39 Å². The van der Waals surface area contributed by atoms with Crippen molar-refractivity contribution in [1.29, 1.82) is 0 Å². The van der Waals surface area contributed by atoms with Gasteiger partial charge in [-0.1, -0.05) is 55.3 Å². The summed E-state index contributed by atoms with van der Waals surface area (Å²) in [5.41, 5.74) is 1.11. The first-order chi connectivity index (χ1) is 14.4. The lowest BCUT2D eigenvalue weighted by Crippen LogP contribution is -2.47. The van der Waals surface area contributed by atoms with Crippen molar-refractivity contribution in [2.45, 2.75) is 26.3 Å². The standard InChI is InChI=1S/C21H20ClFN4O2S/c1-3-12(2)17(24-18(28)13-6-10-16(23)11-7-13)19(29)25-21-27-26-20(30-21)14-4-8-15(22)9-5-14/h4-12,17H,3H2,1-2H3,(H,24,28)(H,25,27,29). The van der Waals surface area contributed by atoms with E-state index in [1.165, 1.54) is 35.6 Å². The van der Waals surface area contributed by atoms with Crippen LogP contribution in [-0.4, -0.2) is 28.1 Å². The van der Waals surface area contributed by atoms with Crippen molar-refractivity contribution in [2.24, 2.45) is 5.92 Å². The molecule has 0 saturated carbocycles. The molecule has 3 aromatic rings. The fraction of sp³-hybridized carbons (Fsp3) is 0.238. The van der Waals surface area contributed by atoms with E-state index < -0.39 is 23.7 Å². The smallest absolute Gasteiger partial charge is 0.251 e. The zero-order chi connectivity index (χ0) is 21.7. The third-order valence-corrected chi connectivity index (χ3v) is 5.77. The number of halogens is 2. The number of anilines is 1. The summed E-state index contributed by atoms with van der Waals surface area (Å²) in [4.78, 5) is 25.4. The van der Waals surface area contributed by atoms with E-state index in [-0.39, 0.29) is 11.5 Å². The van der Waals surface area contributed by atoms with Gasteiger partial charge in [-0.05, 0) is 42.3 Å². The molecule has 1 aromatic heterocycles. The number of nitrogens with one attached hydrogen (secondary N) is 2. The summed E-state index contributed by atoms with van der Waals surface area (Å²) in [6.45, 7) is 3.80. The Labute approximate surface area is 182 Å². The van der Waals surface area contributed by atoms with E-state index in [2.05, 4.69) is 20.8 Å². The van der Waals surface area contributed by atoms with Gasteiger partial charge in [0.1, 0.15) is 16.9 Å². The zero-order valence-corrected chi connectivity index (χ0v) is 17.9. The van der Waals surface area contributed by atoms with Crippen molar-refractivity contribution in [3.05, 3.63) is 64.9 Å². The van der Waals surface area contributed by atoms with Crippen LogP contribution in [0.5, 0.6) is 0 Å². The lowest BCUT2D eigenvalue weighted by molar-refractivity contribution is -0.119. The maximum Gasteiger partial charge on any atom is 0.251 e. The molecule has 2 unspecified atom stereocenters. The molecule has 0 bridgehead atoms. The minimum Gasteiger partial charge on any atom is -0.340 e. The second-order valence-corrected chi connectivity index (χ2v) is 8.17. The quantitative estimate of drug-likeness (QED) is 0.547. The third kappa shape index (κ3) is 5.40. The van der Waals surface area contributed by atoms with Crippen LogP contribution in [0.3, 0.4) is 0 Å². The molecule has 6 nitrogen and oxygen atoms in total. The second kappa shape index (κ2) is 9.77. The van der Waals surface area contributed by atoms with Gasteiger partial charge in [0, 0.05) is 16.1 Å². The lowest BCUT2D eigenvalue weighted by Gasteiger charge is -2.23. The molecule has 0 fully saturated rings. The molecule has 3 rings (SSSR count). The normalized spacial score (nSPS) is 12.8. The van der Waals surface area contributed by atoms with E-state index >= 15 is 0 Å². The Kier molecular flexibility index (Phi) is 7.12. The summed E-state index contributed by atoms with van der Waals surface area (Å²) in [6, 6.07) is 11.5. The largest absolute Gasteiger partial charge is 0.340 e. The van der Waals surface area contributed by atoms with Gasteiger partial charge in [-0.2, -0.15) is 0 Å². The van der Waals surface area contributed by atoms with E-state index in [0.717, 1.165) is 5.56 Å². The molecule has 2 N–H and O–H groups in total. The molecule has 0 spiro atoms. The highest BCUT2D eigenvalue weighted by atomic mass is 35.5. The van der Waals surface area contributed by atoms with Crippen molar-refractivity contribution in [2.75, 3.05) is 5.32 Å². The van der Waals surface area contributed by atoms with Crippen molar-refractivity contribution < 1.29 is 14.0 Å². The molecule has 2 aromatic carbocycles. The first-order valence-electron chi connectivity index (χ1n) is 9.34. The number of carbonyl (C=O) groups excluding carboxylic acids is 2. The summed E-state index contributed by atoms with van der Waals surface area (Å²) in [6.07, 6.45) is 0.675. The molecule has 0 saturated heterocycles. The van der Waals surface area contributed by atoms with Crippen LogP contribution < -0.4 is 10.6 Å². The monoisotopic (exact) mass is 446 g/mol. The highest BCUT2D eigenvalue weighted by Gasteiger charge is 2.27. The number of benzene rings is 2. The van der Waals surface area contributed by atoms with Crippen molar-refractivity contribution in [1.82, 2.24) is 15.5 Å². The van der Waals surface area contributed by atoms with Gasteiger partial charge < -0.3 is 5.32 Å². The number of aromatic nitrogens is 2. The predicted molar refractivity (Wildman–Crippen MR) is 116 cm³/mol. The van der Waals surface area contributed by atoms with Crippen molar-refractivity contribution >= 4 is 39.9 Å². The van der Waals surface area contributed by atoms with Crippen LogP contribution in [0.25, 0.3) is 10.6 Å². The fourth-order valence-corrected chi connectivity index (χ4v) is 3.57. The molecule has 9 heteroatoms. The molecule has 2 amide bonds. The SMILES string of the molecule is CCC(C)C(NC(=O)c1ccc(F)cc1)C(=O)Nc1nnc(-c2ccc(Cl)cc2)s1. The average Bonchev–Trinajstić information content (AvgIpc) is 3.20. The van der Waals surface area contributed by atoms with Gasteiger partial charge in [-0.15, -0.1) is 10.2 Å². The number of hydrogen-bond donors (Lipinski definition) is 2. The fourth-order valence-electron chi connectivity index (χ4n) is 2.69. The van der Waals surface area contributed by atoms with Crippen molar-refractivity contribution in [3.8, 4) is 10.6 Å². The highest BCUT2D eigenvalue weighted by Crippen LogP contribution is 2.27. The minimum atomic E-state index is -0.782. The lowest BCUT2D eigenvalue weighted by atomic mass is 9.98. The van der Waals surface area contributed by atoms with Crippen LogP contribution in [0.1, 0.15) is 30.6 Å². The number of nitrogens with zero attached hydrogens (tertiary/aromatic N) is 2. The molecule has 0 aliphatic rings. The number of carbonyl (C=O) groups is 2. The molecular weight excluding hydrogens is 427 g/mol. The van der Waals surface area contributed by atoms with Crippen LogP contribution >= 0.6 is 22.9 Å². The molecule has 156 valence electrons. The van der Waals surface area contributed by atoms with E-state index in [1.807, 2.05) is 26.0 Å². The first kappa shape index (κ1) is 21.9. The molecule has 0 aliphatic heterocycles. The Morgan fingerprint density at radius 2 is 1.77 bits per heavy atom. The minimum absolute atomic E-state index is 0.127. The average molecular weight is 447 g/mol. The highest BCUT2D eigenvalue weighted by molar-refractivity contribution is 7.18. The first-order valence-corrected chi connectivity index (χ1v) is 10.5. The third-order valence-electron chi connectivity index (χ3n) is 4.63. The van der Waals surface area contributed by atoms with Gasteiger partial charge in [0.05, 0.1) is 0 Å². The molecule has 1 heterocycles. The Morgan fingerprint density at radius 3 is 2.40 bits per heavy atom. The van der Waals surface area contributed by atoms with E-state index in [1.54, 1.807) is 12.1 Å². The van der Waals surface area contributed by atoms with Gasteiger partial charge in [0.2, 0.25) is 11.0 Å². The van der Waals surface area contributed by atoms with Crippen LogP contribution in [-0.2, 0) is 4.79 Å². The van der Waals surface area contributed by atoms with Gasteiger partial charge in [0.25, 0.3) is 5.91 Å². The van der Waals surface area contributed by atoms with Gasteiger partial charge >= 0.3 is 0 Å². The Bertz CT molecular complexity index is 1020. The summed E-state index contributed by atoms with van der Waals surface area (Å²) in [5, 5.41) is 15.2. The predicted octanol–water partition coefficient (Wildman–Crippen LogP) is 4.78. The number of amides is 2. The number of rotatable bonds is 7. The maximum atomic E-state index is 13.1. The summed E-state index contributed by atoms with van der Waals surface area (Å²) >= 11 is 7.12. The summed E-state index contributed by atoms with van der Waals surface area (Å²) in [5.74, 6) is -1.40. The van der Waals surface area contributed by atoms with Crippen molar-refractivity contribution in [3.63, 3.8) is 0 Å². The van der Waals surface area contributed by atoms with Gasteiger partial charge in [0.15, 0.2) is 0 Å². The van der Waals surface area contributed by atoms with E-state index in [0.29, 0.717) is 21.6 Å². The zero-order valence-electron chi connectivity index (χ0n) is 16.4. The topological polar surface area (TPSA) is 84.0 Å². The molecule has 30 heavy (non-hydrogen) atoms. The Hall–Kier alpha value is -2.84. The number of hydrogen-bond acceptors (Lipinski definition) is 5. The van der Waals surface area contributed by atoms with Crippen LogP contribution in [0.4, 0.5) is 9.52 Å². The van der Waals surface area contributed by atoms with Crippen LogP contribution in [0, 0.1) is 11.7 Å². The second-order valence-electron chi connectivity index (χ2n) is 6.75. The summed E-state index contributed by atoms with van der Waals surface area (Å²) < 4.78 is 13.1. The molecule has 2 atom stereocenters. The van der Waals surface area contributed by atoms with E-state index in [4.69, 9.17) is 11.6 Å². The summed E-state index contributed by atoms with van der Waals surface area (Å²) in [7, 11) is 0. The molecule has 0 aliphatic carbocycles. The maximum absolute atomic E-state index is 13.1.